The number of rotatable bonds is 9. The van der Waals surface area contributed by atoms with Crippen molar-refractivity contribution in [3.05, 3.63) is 71.5 Å². The minimum atomic E-state index is -1.15. The highest BCUT2D eigenvalue weighted by Gasteiger charge is 2.39. The van der Waals surface area contributed by atoms with Gasteiger partial charge in [-0.15, -0.1) is 0 Å². The monoisotopic (exact) mass is 940 g/mol. The lowest BCUT2D eigenvalue weighted by molar-refractivity contribution is -0.155. The molecule has 7 rings (SSSR count). The van der Waals surface area contributed by atoms with Crippen LogP contribution < -0.4 is 10.7 Å². The van der Waals surface area contributed by atoms with E-state index in [0.29, 0.717) is 51.2 Å². The Hall–Kier alpha value is -4.46. The average Bonchev–Trinajstić information content (AvgIpc) is 3.51. The largest absolute Gasteiger partial charge is 0.508 e. The normalized spacial score (nSPS) is 19.2. The summed E-state index contributed by atoms with van der Waals surface area (Å²) in [6.45, 7) is 11.9. The molecule has 6 bridgehead atoms. The van der Waals surface area contributed by atoms with E-state index >= 15 is 0 Å². The van der Waals surface area contributed by atoms with E-state index in [-0.39, 0.29) is 77.8 Å². The Kier molecular flexibility index (Phi) is 18.1. The molecule has 350 valence electrons. The number of phenolic OH excluding ortho intramolecular Hbond substituents is 1. The number of phenols is 1. The van der Waals surface area contributed by atoms with E-state index in [1.54, 1.807) is 25.4 Å². The van der Waals surface area contributed by atoms with Crippen molar-refractivity contribution in [3.8, 4) is 28.1 Å². The van der Waals surface area contributed by atoms with Gasteiger partial charge >= 0.3 is 12.1 Å². The number of benzene rings is 2. The number of amides is 3. The van der Waals surface area contributed by atoms with Crippen LogP contribution in [0.4, 0.5) is 4.79 Å². The van der Waals surface area contributed by atoms with E-state index in [2.05, 4.69) is 54.3 Å². The molecule has 0 radical (unpaired) electrons. The summed E-state index contributed by atoms with van der Waals surface area (Å²) in [5, 5.41) is 16.6. The Bertz CT molecular complexity index is 2300. The van der Waals surface area contributed by atoms with Gasteiger partial charge < -0.3 is 33.9 Å². The maximum atomic E-state index is 14.6. The van der Waals surface area contributed by atoms with Gasteiger partial charge in [-0.1, -0.05) is 39.8 Å². The van der Waals surface area contributed by atoms with Crippen LogP contribution in [0.3, 0.4) is 0 Å². The summed E-state index contributed by atoms with van der Waals surface area (Å²) >= 11 is 0. The maximum Gasteiger partial charge on any atom is 0.410 e. The van der Waals surface area contributed by atoms with Gasteiger partial charge in [0, 0.05) is 61.7 Å². The van der Waals surface area contributed by atoms with Crippen molar-refractivity contribution < 1.29 is 43.2 Å². The second-order valence-electron chi connectivity index (χ2n) is 17.5. The Balaban J connectivity index is 0.00000299. The number of carbonyl (C=O) groups excluding carboxylic acids is 4. The fraction of sp³-hybridized carbons (Fsp3) is 0.500. The first kappa shape index (κ1) is 52.2. The molecule has 3 aliphatic heterocycles. The van der Waals surface area contributed by atoms with Crippen LogP contribution in [0.25, 0.3) is 33.3 Å². The number of aryl methyl sites for hydroxylation is 1. The summed E-state index contributed by atoms with van der Waals surface area (Å²) in [6.07, 6.45) is 2.22. The minimum absolute atomic E-state index is 0. The number of hydrogen-bond acceptors (Lipinski definition) is 11. The topological polar surface area (TPSA) is 174 Å². The second kappa shape index (κ2) is 22.2. The fourth-order valence-electron chi connectivity index (χ4n) is 8.72. The van der Waals surface area contributed by atoms with Gasteiger partial charge in [0.05, 0.1) is 37.8 Å². The number of likely N-dealkylation sites (N-methyl/N-ethyl adjacent to an activating group) is 1. The number of carbonyl (C=O) groups is 4. The van der Waals surface area contributed by atoms with Crippen molar-refractivity contribution in [1.82, 2.24) is 30.2 Å². The number of aromatic nitrogens is 2. The number of esters is 1. The van der Waals surface area contributed by atoms with Crippen LogP contribution in [-0.2, 0) is 59.3 Å². The lowest BCUT2D eigenvalue weighted by Gasteiger charge is -2.37. The Morgan fingerprint density at radius 1 is 1.08 bits per heavy atom. The molecule has 64 heavy (non-hydrogen) atoms. The van der Waals surface area contributed by atoms with Gasteiger partial charge in [-0.05, 0) is 90.8 Å². The predicted molar refractivity (Wildman–Crippen MR) is 259 cm³/mol. The molecule has 3 N–H and O–H groups in total. The zero-order valence-electron chi connectivity index (χ0n) is 37.7. The third kappa shape index (κ3) is 11.3. The number of fused-ring (bicyclic) bond motifs is 6. The first-order valence-corrected chi connectivity index (χ1v) is 21.1. The number of pyridine rings is 1. The molecule has 4 aromatic rings. The van der Waals surface area contributed by atoms with Gasteiger partial charge in [0.1, 0.15) is 23.9 Å². The summed E-state index contributed by atoms with van der Waals surface area (Å²) < 4.78 is 24.6. The number of hydrazine groups is 1. The Morgan fingerprint density at radius 3 is 2.50 bits per heavy atom. The van der Waals surface area contributed by atoms with E-state index in [9.17, 15) is 24.3 Å². The van der Waals surface area contributed by atoms with Gasteiger partial charge in [-0.3, -0.25) is 29.3 Å². The maximum absolute atomic E-state index is 14.6. The summed E-state index contributed by atoms with van der Waals surface area (Å²) in [7, 11) is 3.15. The van der Waals surface area contributed by atoms with Crippen LogP contribution in [0.15, 0.2) is 54.7 Å². The van der Waals surface area contributed by atoms with Gasteiger partial charge in [0.25, 0.3) is 5.91 Å². The van der Waals surface area contributed by atoms with Crippen molar-refractivity contribution in [3.63, 3.8) is 0 Å². The molecule has 3 atom stereocenters. The van der Waals surface area contributed by atoms with E-state index in [1.165, 1.54) is 17.0 Å². The standard InChI is InChI=1S/C46H58N6O9.3H2S/c1-8-51-39-14-13-29-21-34(39)35(41(51)33-11-9-15-47-38(33)25-58-7)22-46(4,5)26-60-44(56)36-12-10-16-52(49-36)43(55)37(19-28-17-30(29)20-31(53)18-28)48-42(54)40(27(2)3)50(6)45(57)61-32-23-59-24-32;;;/h9,11,13-15,17-18,20-21,27,32,36-37,40,49,53H,8,10,12,16,19,22-26H2,1-7H3,(H,48,54);3*1H2/t36-,37-,40-;;;/m0.../s1. The van der Waals surface area contributed by atoms with Crippen LogP contribution in [0, 0.1) is 11.3 Å². The highest BCUT2D eigenvalue weighted by Crippen LogP contribution is 2.41. The SMILES string of the molecule is CCn1c(-c2cccnc2COC)c2c3cc(ccc31)-c1cc(O)cc(c1)C[C@H](NC(=O)[C@H](C(C)C)N(C)C(=O)OC1COC1)C(=O)N1CCC[C@H](N1)C(=O)OCC(C)(C)C2.S.S.S. The molecule has 0 aliphatic carbocycles. The Labute approximate surface area is 396 Å². The quantitative estimate of drug-likeness (QED) is 0.175. The van der Waals surface area contributed by atoms with Gasteiger partial charge in [0.2, 0.25) is 5.91 Å². The van der Waals surface area contributed by atoms with E-state index in [0.717, 1.165) is 44.5 Å². The summed E-state index contributed by atoms with van der Waals surface area (Å²) in [5.41, 5.74) is 9.58. The van der Waals surface area contributed by atoms with Crippen LogP contribution in [0.2, 0.25) is 0 Å². The number of hydrogen-bond donors (Lipinski definition) is 3. The number of nitrogens with zero attached hydrogens (tertiary/aromatic N) is 4. The molecule has 2 aromatic carbocycles. The summed E-state index contributed by atoms with van der Waals surface area (Å²) in [6, 6.07) is 12.5. The predicted octanol–water partition coefficient (Wildman–Crippen LogP) is 5.72. The summed E-state index contributed by atoms with van der Waals surface area (Å²) in [4.78, 5) is 61.7. The van der Waals surface area contributed by atoms with Crippen molar-refractivity contribution in [1.29, 1.82) is 0 Å². The highest BCUT2D eigenvalue weighted by molar-refractivity contribution is 7.59. The van der Waals surface area contributed by atoms with Crippen molar-refractivity contribution in [2.24, 2.45) is 11.3 Å². The van der Waals surface area contributed by atoms with E-state index in [4.69, 9.17) is 23.9 Å². The molecule has 0 unspecified atom stereocenters. The molecule has 18 heteroatoms. The van der Waals surface area contributed by atoms with Crippen LogP contribution in [-0.4, -0.2) is 113 Å². The third-order valence-corrected chi connectivity index (χ3v) is 11.8. The lowest BCUT2D eigenvalue weighted by Crippen LogP contribution is -2.62. The molecule has 0 saturated carbocycles. The van der Waals surface area contributed by atoms with Crippen LogP contribution >= 0.6 is 40.5 Å². The zero-order chi connectivity index (χ0) is 43.6. The van der Waals surface area contributed by atoms with E-state index < -0.39 is 47.4 Å². The molecule has 0 spiro atoms. The number of methoxy groups -OCH3 is 1. The van der Waals surface area contributed by atoms with Crippen LogP contribution in [0.1, 0.15) is 64.3 Å². The van der Waals surface area contributed by atoms with Crippen molar-refractivity contribution in [2.75, 3.05) is 40.5 Å². The summed E-state index contributed by atoms with van der Waals surface area (Å²) in [5.74, 6) is -1.85. The molecular formula is C46H64N6O9S3. The molecule has 3 aliphatic rings. The van der Waals surface area contributed by atoms with Crippen molar-refractivity contribution >= 4 is 75.3 Å². The van der Waals surface area contributed by atoms with Gasteiger partial charge in [-0.25, -0.2) is 10.2 Å². The number of ether oxygens (including phenoxy) is 4. The smallest absolute Gasteiger partial charge is 0.410 e. The zero-order valence-corrected chi connectivity index (χ0v) is 40.7. The highest BCUT2D eigenvalue weighted by atomic mass is 32.1. The average molecular weight is 941 g/mol. The third-order valence-electron chi connectivity index (χ3n) is 11.8. The van der Waals surface area contributed by atoms with Gasteiger partial charge in [0.15, 0.2) is 6.10 Å². The second-order valence-corrected chi connectivity index (χ2v) is 17.5. The molecule has 2 saturated heterocycles. The fourth-order valence-corrected chi connectivity index (χ4v) is 8.72. The molecular weight excluding hydrogens is 877 g/mol. The number of nitrogens with one attached hydrogen (secondary N) is 2. The molecule has 2 fully saturated rings. The lowest BCUT2D eigenvalue weighted by atomic mass is 9.84. The minimum Gasteiger partial charge on any atom is -0.508 e. The molecule has 3 amide bonds. The van der Waals surface area contributed by atoms with Crippen molar-refractivity contribution in [2.45, 2.75) is 97.7 Å². The molecule has 15 nitrogen and oxygen atoms in total. The number of aromatic hydroxyl groups is 1. The van der Waals surface area contributed by atoms with Gasteiger partial charge in [-0.2, -0.15) is 40.5 Å². The first-order valence-electron chi connectivity index (χ1n) is 21.1. The molecule has 2 aromatic heterocycles. The number of cyclic esters (lactones) is 1. The Morgan fingerprint density at radius 2 is 1.83 bits per heavy atom. The first-order chi connectivity index (χ1) is 29.2. The van der Waals surface area contributed by atoms with E-state index in [1.807, 2.05) is 32.0 Å². The van der Waals surface area contributed by atoms with Crippen LogP contribution in [0.5, 0.6) is 5.75 Å². The molecule has 5 heterocycles.